The molecule has 0 spiro atoms. The van der Waals surface area contributed by atoms with Crippen molar-refractivity contribution in [2.24, 2.45) is 0 Å². The maximum Gasteiger partial charge on any atom is 0.322 e. The van der Waals surface area contributed by atoms with Crippen LogP contribution in [0.1, 0.15) is 25.7 Å². The molecule has 2 heterocycles. The Hall–Kier alpha value is -2.30. The Morgan fingerprint density at radius 1 is 1.27 bits per heavy atom. The molecule has 0 aliphatic carbocycles. The molecule has 1 N–H and O–H groups in total. The summed E-state index contributed by atoms with van der Waals surface area (Å²) in [7, 11) is -3.65. The van der Waals surface area contributed by atoms with Crippen LogP contribution >= 0.6 is 11.3 Å². The molecule has 0 saturated heterocycles. The summed E-state index contributed by atoms with van der Waals surface area (Å²) in [6, 6.07) is 6.64. The molecule has 3 rings (SSSR count). The Morgan fingerprint density at radius 3 is 2.62 bits per heavy atom. The number of hydrogen-bond donors (Lipinski definition) is 1. The van der Waals surface area contributed by atoms with Gasteiger partial charge in [0.2, 0.25) is 10.0 Å². The van der Waals surface area contributed by atoms with Crippen LogP contribution < -0.4 is 9.46 Å². The molecule has 0 aliphatic heterocycles. The largest absolute Gasteiger partial charge is 0.424 e. The molecule has 0 unspecified atom stereocenters. The average molecular weight is 396 g/mol. The van der Waals surface area contributed by atoms with Gasteiger partial charge in [0, 0.05) is 11.9 Å². The summed E-state index contributed by atoms with van der Waals surface area (Å²) in [6.07, 6.45) is 0. The fraction of sp³-hybridized carbons (Fsp3) is 0.250. The zero-order chi connectivity index (χ0) is 18.7. The van der Waals surface area contributed by atoms with Crippen molar-refractivity contribution in [3.05, 3.63) is 52.7 Å². The Morgan fingerprint density at radius 2 is 2.00 bits per heavy atom. The van der Waals surface area contributed by atoms with Gasteiger partial charge in [-0.25, -0.2) is 17.5 Å². The molecule has 10 heteroatoms. The van der Waals surface area contributed by atoms with E-state index >= 15 is 0 Å². The average Bonchev–Trinajstić information content (AvgIpc) is 3.26. The highest BCUT2D eigenvalue weighted by molar-refractivity contribution is 7.89. The first-order valence-electron chi connectivity index (χ1n) is 7.81. The summed E-state index contributed by atoms with van der Waals surface area (Å²) in [6.45, 7) is 4.02. The second kappa shape index (κ2) is 7.52. The number of thiophene rings is 1. The van der Waals surface area contributed by atoms with Crippen LogP contribution in [0.2, 0.25) is 0 Å². The normalized spacial score (nSPS) is 12.9. The van der Waals surface area contributed by atoms with Gasteiger partial charge < -0.3 is 4.74 Å². The molecule has 3 aromatic rings. The van der Waals surface area contributed by atoms with E-state index in [2.05, 4.69) is 14.9 Å². The minimum atomic E-state index is -3.65. The van der Waals surface area contributed by atoms with Crippen LogP contribution in [0.3, 0.4) is 0 Å². The monoisotopic (exact) mass is 396 g/mol. The van der Waals surface area contributed by atoms with Gasteiger partial charge in [-0.05, 0) is 49.6 Å². The summed E-state index contributed by atoms with van der Waals surface area (Å²) in [5.74, 6) is 0.460. The predicted octanol–water partition coefficient (Wildman–Crippen LogP) is 3.33. The van der Waals surface area contributed by atoms with Gasteiger partial charge in [0.1, 0.15) is 11.6 Å². The maximum atomic E-state index is 13.0. The fourth-order valence-corrected chi connectivity index (χ4v) is 4.59. The highest BCUT2D eigenvalue weighted by Crippen LogP contribution is 2.24. The van der Waals surface area contributed by atoms with Crippen LogP contribution in [-0.4, -0.2) is 23.2 Å². The van der Waals surface area contributed by atoms with E-state index in [1.54, 1.807) is 22.3 Å². The second-order valence-corrected chi connectivity index (χ2v) is 7.94. The number of ether oxygens (including phenoxy) is 1. The van der Waals surface area contributed by atoms with Gasteiger partial charge in [0.25, 0.3) is 0 Å². The molecule has 1 aromatic carbocycles. The van der Waals surface area contributed by atoms with E-state index in [1.807, 2.05) is 6.92 Å². The first kappa shape index (κ1) is 18.5. The maximum absolute atomic E-state index is 13.0. The van der Waals surface area contributed by atoms with E-state index in [9.17, 15) is 12.8 Å². The van der Waals surface area contributed by atoms with Crippen LogP contribution in [0.4, 0.5) is 4.39 Å². The Bertz CT molecular complexity index is 970. The van der Waals surface area contributed by atoms with Crippen molar-refractivity contribution in [2.75, 3.05) is 0 Å². The summed E-state index contributed by atoms with van der Waals surface area (Å²) >= 11 is 1.30. The van der Waals surface area contributed by atoms with Crippen molar-refractivity contribution in [2.45, 2.75) is 31.3 Å². The lowest BCUT2D eigenvalue weighted by molar-refractivity contribution is 0.407. The summed E-state index contributed by atoms with van der Waals surface area (Å²) < 4.78 is 47.6. The number of rotatable bonds is 7. The van der Waals surface area contributed by atoms with E-state index in [1.165, 1.54) is 41.7 Å². The Labute approximate surface area is 154 Å². The van der Waals surface area contributed by atoms with Crippen molar-refractivity contribution in [3.8, 4) is 11.8 Å². The fourth-order valence-electron chi connectivity index (χ4n) is 2.36. The minimum Gasteiger partial charge on any atom is -0.424 e. The van der Waals surface area contributed by atoms with Crippen LogP contribution in [-0.2, 0) is 16.6 Å². The van der Waals surface area contributed by atoms with Gasteiger partial charge in [0.05, 0.1) is 10.9 Å². The SMILES string of the molecule is CCn1c(Oc2ccc(F)cc2)nnc1[C@@H](C)NS(=O)(=O)c1ccsc1. The zero-order valence-electron chi connectivity index (χ0n) is 14.1. The van der Waals surface area contributed by atoms with Crippen molar-refractivity contribution >= 4 is 21.4 Å². The van der Waals surface area contributed by atoms with Crippen molar-refractivity contribution < 1.29 is 17.5 Å². The number of halogens is 1. The number of aromatic nitrogens is 3. The number of benzene rings is 1. The number of sulfonamides is 1. The molecule has 26 heavy (non-hydrogen) atoms. The van der Waals surface area contributed by atoms with Crippen molar-refractivity contribution in [1.82, 2.24) is 19.5 Å². The van der Waals surface area contributed by atoms with Gasteiger partial charge in [0.15, 0.2) is 5.82 Å². The highest BCUT2D eigenvalue weighted by atomic mass is 32.2. The third kappa shape index (κ3) is 3.92. The molecule has 1 atom stereocenters. The van der Waals surface area contributed by atoms with Crippen LogP contribution in [0.15, 0.2) is 46.0 Å². The predicted molar refractivity (Wildman–Crippen MR) is 95.2 cm³/mol. The lowest BCUT2D eigenvalue weighted by Crippen LogP contribution is -2.28. The van der Waals surface area contributed by atoms with Gasteiger partial charge in [-0.15, -0.1) is 5.10 Å². The van der Waals surface area contributed by atoms with E-state index in [4.69, 9.17) is 4.74 Å². The van der Waals surface area contributed by atoms with E-state index in [0.717, 1.165) is 0 Å². The van der Waals surface area contributed by atoms with Crippen LogP contribution in [0.5, 0.6) is 11.8 Å². The molecule has 7 nitrogen and oxygen atoms in total. The number of hydrogen-bond acceptors (Lipinski definition) is 6. The lowest BCUT2D eigenvalue weighted by Gasteiger charge is -2.14. The minimum absolute atomic E-state index is 0.204. The molecule has 2 aromatic heterocycles. The smallest absolute Gasteiger partial charge is 0.322 e. The van der Waals surface area contributed by atoms with E-state index in [0.29, 0.717) is 18.1 Å². The molecule has 0 bridgehead atoms. The van der Waals surface area contributed by atoms with E-state index in [-0.39, 0.29) is 16.7 Å². The second-order valence-electron chi connectivity index (χ2n) is 5.44. The summed E-state index contributed by atoms with van der Waals surface area (Å²) in [5.41, 5.74) is 0. The van der Waals surface area contributed by atoms with Crippen molar-refractivity contribution in [3.63, 3.8) is 0 Å². The van der Waals surface area contributed by atoms with E-state index < -0.39 is 16.1 Å². The van der Waals surface area contributed by atoms with Crippen molar-refractivity contribution in [1.29, 1.82) is 0 Å². The lowest BCUT2D eigenvalue weighted by atomic mass is 10.3. The summed E-state index contributed by atoms with van der Waals surface area (Å²) in [5, 5.41) is 11.3. The Balaban J connectivity index is 1.82. The van der Waals surface area contributed by atoms with Crippen LogP contribution in [0.25, 0.3) is 0 Å². The van der Waals surface area contributed by atoms with Gasteiger partial charge in [-0.1, -0.05) is 5.10 Å². The highest BCUT2D eigenvalue weighted by Gasteiger charge is 2.24. The molecule has 0 aliphatic rings. The first-order chi connectivity index (χ1) is 12.4. The molecular weight excluding hydrogens is 379 g/mol. The topological polar surface area (TPSA) is 86.1 Å². The molecule has 0 saturated carbocycles. The third-order valence-corrected chi connectivity index (χ3v) is 5.98. The standard InChI is InChI=1S/C16H17FN4O3S2/c1-3-21-15(11(2)20-26(22,23)14-8-9-25-10-14)18-19-16(21)24-13-6-4-12(17)5-7-13/h4-11,20H,3H2,1-2H3/t11-/m1/s1. The number of nitrogens with zero attached hydrogens (tertiary/aromatic N) is 3. The quantitative estimate of drug-likeness (QED) is 0.662. The summed E-state index contributed by atoms with van der Waals surface area (Å²) in [4.78, 5) is 0.208. The molecule has 0 amide bonds. The van der Waals surface area contributed by atoms with Crippen LogP contribution in [0, 0.1) is 5.82 Å². The molecular formula is C16H17FN4O3S2. The van der Waals surface area contributed by atoms with Gasteiger partial charge >= 0.3 is 6.01 Å². The molecule has 138 valence electrons. The number of nitrogens with one attached hydrogen (secondary N) is 1. The van der Waals surface area contributed by atoms with Gasteiger partial charge in [-0.2, -0.15) is 11.3 Å². The third-order valence-electron chi connectivity index (χ3n) is 3.61. The molecule has 0 radical (unpaired) electrons. The van der Waals surface area contributed by atoms with Gasteiger partial charge in [-0.3, -0.25) is 4.57 Å². The zero-order valence-corrected chi connectivity index (χ0v) is 15.7. The first-order valence-corrected chi connectivity index (χ1v) is 10.2. The molecule has 0 fully saturated rings. The Kier molecular flexibility index (Phi) is 5.35.